The lowest BCUT2D eigenvalue weighted by atomic mass is 10.2. The number of nitrogens with zero attached hydrogens (tertiary/aromatic N) is 3. The highest BCUT2D eigenvalue weighted by atomic mass is 16.5. The average molecular weight is 253 g/mol. The fraction of sp³-hybridized carbons (Fsp3) is 0.727. The van der Waals surface area contributed by atoms with E-state index in [-0.39, 0.29) is 6.10 Å². The highest BCUT2D eigenvalue weighted by Gasteiger charge is 2.14. The molecule has 2 heterocycles. The molecule has 0 aromatic carbocycles. The fourth-order valence-corrected chi connectivity index (χ4v) is 1.78. The van der Waals surface area contributed by atoms with Gasteiger partial charge in [0.05, 0.1) is 12.6 Å². The summed E-state index contributed by atoms with van der Waals surface area (Å²) < 4.78 is 10.4. The van der Waals surface area contributed by atoms with Gasteiger partial charge in [0.15, 0.2) is 11.8 Å². The Morgan fingerprint density at radius 3 is 3.17 bits per heavy atom. The van der Waals surface area contributed by atoms with Crippen LogP contribution in [-0.2, 0) is 11.2 Å². The number of rotatable bonds is 5. The van der Waals surface area contributed by atoms with E-state index in [2.05, 4.69) is 20.4 Å². The van der Waals surface area contributed by atoms with Crippen LogP contribution in [0.2, 0.25) is 0 Å². The van der Waals surface area contributed by atoms with Crippen LogP contribution in [0.1, 0.15) is 24.6 Å². The smallest absolute Gasteiger partial charge is 0.228 e. The van der Waals surface area contributed by atoms with E-state index in [1.807, 2.05) is 0 Å². The van der Waals surface area contributed by atoms with Gasteiger partial charge >= 0.3 is 0 Å². The fourth-order valence-electron chi connectivity index (χ4n) is 1.78. The van der Waals surface area contributed by atoms with Crippen LogP contribution >= 0.6 is 0 Å². The predicted molar refractivity (Wildman–Crippen MR) is 66.2 cm³/mol. The van der Waals surface area contributed by atoms with Gasteiger partial charge in [0.1, 0.15) is 0 Å². The Bertz CT molecular complexity index is 398. The molecule has 1 unspecified atom stereocenters. The van der Waals surface area contributed by atoms with Crippen LogP contribution in [0.4, 0.5) is 0 Å². The second kappa shape index (κ2) is 6.34. The van der Waals surface area contributed by atoms with Gasteiger partial charge in [0, 0.05) is 19.6 Å². The molecule has 18 heavy (non-hydrogen) atoms. The van der Waals surface area contributed by atoms with E-state index in [1.54, 1.807) is 6.92 Å². The standard InChI is InChI=1S/C11H19N5O2/c1-8-15-10(18-16-8)4-5-13-11(12)14-7-9-3-2-6-17-9/h9H,2-7H2,1H3,(H3,12,13,14). The topological polar surface area (TPSA) is 98.6 Å². The number of aryl methyl sites for hydroxylation is 1. The van der Waals surface area contributed by atoms with Gasteiger partial charge in [-0.2, -0.15) is 4.98 Å². The molecule has 1 aliphatic rings. The van der Waals surface area contributed by atoms with Crippen LogP contribution in [0.25, 0.3) is 0 Å². The summed E-state index contributed by atoms with van der Waals surface area (Å²) in [6, 6.07) is 0. The molecule has 0 bridgehead atoms. The molecule has 0 amide bonds. The molecule has 0 spiro atoms. The summed E-state index contributed by atoms with van der Waals surface area (Å²) in [7, 11) is 0. The summed E-state index contributed by atoms with van der Waals surface area (Å²) in [5, 5.41) is 6.72. The number of hydrogen-bond acceptors (Lipinski definition) is 5. The molecule has 0 saturated carbocycles. The first kappa shape index (κ1) is 12.8. The molecular formula is C11H19N5O2. The third-order valence-electron chi connectivity index (χ3n) is 2.70. The zero-order chi connectivity index (χ0) is 12.8. The van der Waals surface area contributed by atoms with Crippen molar-refractivity contribution in [2.24, 2.45) is 10.7 Å². The number of nitrogens with one attached hydrogen (secondary N) is 1. The molecule has 7 nitrogen and oxygen atoms in total. The predicted octanol–water partition coefficient (Wildman–Crippen LogP) is 0.00382. The van der Waals surface area contributed by atoms with Gasteiger partial charge in [-0.25, -0.2) is 0 Å². The molecule has 1 atom stereocenters. The maximum atomic E-state index is 5.74. The van der Waals surface area contributed by atoms with Gasteiger partial charge in [0.25, 0.3) is 0 Å². The number of guanidine groups is 1. The highest BCUT2D eigenvalue weighted by Crippen LogP contribution is 2.11. The maximum absolute atomic E-state index is 5.74. The van der Waals surface area contributed by atoms with Gasteiger partial charge < -0.3 is 20.3 Å². The maximum Gasteiger partial charge on any atom is 0.228 e. The van der Waals surface area contributed by atoms with Crippen LogP contribution < -0.4 is 11.1 Å². The third kappa shape index (κ3) is 3.99. The SMILES string of the molecule is Cc1noc(CCNC(N)=NCC2CCCO2)n1. The van der Waals surface area contributed by atoms with Crippen molar-refractivity contribution in [2.75, 3.05) is 19.7 Å². The van der Waals surface area contributed by atoms with Gasteiger partial charge in [-0.3, -0.25) is 4.99 Å². The largest absolute Gasteiger partial charge is 0.376 e. The number of aromatic nitrogens is 2. The van der Waals surface area contributed by atoms with Crippen molar-refractivity contribution in [3.05, 3.63) is 11.7 Å². The van der Waals surface area contributed by atoms with Crippen LogP contribution in [0.3, 0.4) is 0 Å². The van der Waals surface area contributed by atoms with Crippen LogP contribution in [0.15, 0.2) is 9.52 Å². The van der Waals surface area contributed by atoms with Crippen LogP contribution in [0, 0.1) is 6.92 Å². The Labute approximate surface area is 106 Å². The Hall–Kier alpha value is -1.63. The second-order valence-electron chi connectivity index (χ2n) is 4.27. The van der Waals surface area contributed by atoms with E-state index in [0.717, 1.165) is 19.4 Å². The Kier molecular flexibility index (Phi) is 4.52. The van der Waals surface area contributed by atoms with E-state index in [9.17, 15) is 0 Å². The lowest BCUT2D eigenvalue weighted by Crippen LogP contribution is -2.34. The number of aliphatic imine (C=N–C) groups is 1. The quantitative estimate of drug-likeness (QED) is 0.566. The molecule has 1 aliphatic heterocycles. The average Bonchev–Trinajstić information content (AvgIpc) is 2.98. The lowest BCUT2D eigenvalue weighted by Gasteiger charge is -2.07. The Balaban J connectivity index is 1.64. The Morgan fingerprint density at radius 2 is 2.50 bits per heavy atom. The van der Waals surface area contributed by atoms with Crippen molar-refractivity contribution in [3.8, 4) is 0 Å². The van der Waals surface area contributed by atoms with Crippen molar-refractivity contribution in [1.82, 2.24) is 15.5 Å². The second-order valence-corrected chi connectivity index (χ2v) is 4.27. The van der Waals surface area contributed by atoms with E-state index in [4.69, 9.17) is 15.0 Å². The number of hydrogen-bond donors (Lipinski definition) is 2. The Morgan fingerprint density at radius 1 is 1.61 bits per heavy atom. The summed E-state index contributed by atoms with van der Waals surface area (Å²) in [6.45, 7) is 3.88. The summed E-state index contributed by atoms with van der Waals surface area (Å²) in [5.74, 6) is 1.68. The number of ether oxygens (including phenoxy) is 1. The monoisotopic (exact) mass is 253 g/mol. The zero-order valence-electron chi connectivity index (χ0n) is 10.6. The van der Waals surface area contributed by atoms with E-state index in [0.29, 0.717) is 37.2 Å². The lowest BCUT2D eigenvalue weighted by molar-refractivity contribution is 0.118. The van der Waals surface area contributed by atoms with Crippen molar-refractivity contribution in [3.63, 3.8) is 0 Å². The normalized spacial score (nSPS) is 20.3. The molecule has 1 fully saturated rings. The van der Waals surface area contributed by atoms with E-state index in [1.165, 1.54) is 0 Å². The van der Waals surface area contributed by atoms with Gasteiger partial charge in [-0.1, -0.05) is 5.16 Å². The van der Waals surface area contributed by atoms with Crippen molar-refractivity contribution in [1.29, 1.82) is 0 Å². The van der Waals surface area contributed by atoms with Gasteiger partial charge in [0.2, 0.25) is 5.89 Å². The minimum atomic E-state index is 0.226. The molecule has 100 valence electrons. The van der Waals surface area contributed by atoms with Crippen molar-refractivity contribution in [2.45, 2.75) is 32.3 Å². The van der Waals surface area contributed by atoms with E-state index >= 15 is 0 Å². The van der Waals surface area contributed by atoms with Crippen molar-refractivity contribution < 1.29 is 9.26 Å². The third-order valence-corrected chi connectivity index (χ3v) is 2.70. The summed E-state index contributed by atoms with van der Waals surface area (Å²) in [5.41, 5.74) is 5.74. The minimum absolute atomic E-state index is 0.226. The first-order valence-electron chi connectivity index (χ1n) is 6.18. The highest BCUT2D eigenvalue weighted by molar-refractivity contribution is 5.77. The van der Waals surface area contributed by atoms with Gasteiger partial charge in [-0.15, -0.1) is 0 Å². The molecule has 0 radical (unpaired) electrons. The van der Waals surface area contributed by atoms with Crippen molar-refractivity contribution >= 4 is 5.96 Å². The first-order valence-corrected chi connectivity index (χ1v) is 6.18. The van der Waals surface area contributed by atoms with Crippen LogP contribution in [-0.4, -0.2) is 41.9 Å². The summed E-state index contributed by atoms with van der Waals surface area (Å²) in [4.78, 5) is 8.33. The molecule has 7 heteroatoms. The molecular weight excluding hydrogens is 234 g/mol. The van der Waals surface area contributed by atoms with E-state index < -0.39 is 0 Å². The zero-order valence-corrected chi connectivity index (χ0v) is 10.6. The van der Waals surface area contributed by atoms with Crippen LogP contribution in [0.5, 0.6) is 0 Å². The summed E-state index contributed by atoms with van der Waals surface area (Å²) >= 11 is 0. The minimum Gasteiger partial charge on any atom is -0.376 e. The molecule has 0 aliphatic carbocycles. The molecule has 3 N–H and O–H groups in total. The first-order chi connectivity index (χ1) is 8.74. The molecule has 1 aromatic heterocycles. The van der Waals surface area contributed by atoms with Gasteiger partial charge in [-0.05, 0) is 19.8 Å². The summed E-state index contributed by atoms with van der Waals surface area (Å²) in [6.07, 6.45) is 3.04. The molecule has 1 aromatic rings. The number of nitrogens with two attached hydrogens (primary N) is 1. The molecule has 1 saturated heterocycles. The molecule has 2 rings (SSSR count).